The van der Waals surface area contributed by atoms with Crippen LogP contribution in [0.1, 0.15) is 11.1 Å². The molecular formula is C18H18ClFN2O3. The Balaban J connectivity index is 2.04. The molecule has 0 bridgehead atoms. The molecule has 1 atom stereocenters. The SMILES string of the molecule is COc1ccc(C[C@@H](NC(=O)Cc2cccc(F)c2)C(N)=O)cc1Cl. The van der Waals surface area contributed by atoms with Crippen LogP contribution in [0.5, 0.6) is 5.75 Å². The first-order chi connectivity index (χ1) is 11.9. The van der Waals surface area contributed by atoms with Gasteiger partial charge in [-0.3, -0.25) is 9.59 Å². The summed E-state index contributed by atoms with van der Waals surface area (Å²) in [7, 11) is 1.50. The lowest BCUT2D eigenvalue weighted by Gasteiger charge is -2.16. The summed E-state index contributed by atoms with van der Waals surface area (Å²) in [5.41, 5.74) is 6.60. The second kappa shape index (κ2) is 8.48. The fraction of sp³-hybridized carbons (Fsp3) is 0.222. The number of halogens is 2. The van der Waals surface area contributed by atoms with Crippen LogP contribution in [0.15, 0.2) is 42.5 Å². The van der Waals surface area contributed by atoms with E-state index in [1.54, 1.807) is 24.3 Å². The topological polar surface area (TPSA) is 81.4 Å². The second-order valence-electron chi connectivity index (χ2n) is 5.50. The molecule has 2 rings (SSSR count). The van der Waals surface area contributed by atoms with Crippen LogP contribution in [0.2, 0.25) is 5.02 Å². The van der Waals surface area contributed by atoms with Crippen molar-refractivity contribution in [1.82, 2.24) is 5.32 Å². The molecule has 0 heterocycles. The van der Waals surface area contributed by atoms with Crippen LogP contribution in [0.25, 0.3) is 0 Å². The van der Waals surface area contributed by atoms with Crippen molar-refractivity contribution in [3.05, 3.63) is 64.4 Å². The summed E-state index contributed by atoms with van der Waals surface area (Å²) in [5.74, 6) is -1.01. The van der Waals surface area contributed by atoms with Gasteiger partial charge in [0, 0.05) is 6.42 Å². The fourth-order valence-electron chi connectivity index (χ4n) is 2.37. The van der Waals surface area contributed by atoms with E-state index in [1.165, 1.54) is 25.3 Å². The van der Waals surface area contributed by atoms with Gasteiger partial charge < -0.3 is 15.8 Å². The lowest BCUT2D eigenvalue weighted by Crippen LogP contribution is -2.46. The first kappa shape index (κ1) is 18.7. The summed E-state index contributed by atoms with van der Waals surface area (Å²) >= 11 is 6.06. The average Bonchev–Trinajstić information content (AvgIpc) is 2.54. The maximum atomic E-state index is 13.2. The molecule has 0 aliphatic carbocycles. The van der Waals surface area contributed by atoms with E-state index in [2.05, 4.69) is 5.32 Å². The van der Waals surface area contributed by atoms with Gasteiger partial charge >= 0.3 is 0 Å². The molecule has 0 unspecified atom stereocenters. The monoisotopic (exact) mass is 364 g/mol. The number of benzene rings is 2. The minimum Gasteiger partial charge on any atom is -0.495 e. The van der Waals surface area contributed by atoms with E-state index in [9.17, 15) is 14.0 Å². The van der Waals surface area contributed by atoms with Gasteiger partial charge in [-0.1, -0.05) is 29.8 Å². The third kappa shape index (κ3) is 5.46. The summed E-state index contributed by atoms with van der Waals surface area (Å²) < 4.78 is 18.2. The number of primary amides is 1. The summed E-state index contributed by atoms with van der Waals surface area (Å²) in [4.78, 5) is 23.8. The van der Waals surface area contributed by atoms with Gasteiger partial charge in [0.1, 0.15) is 17.6 Å². The standard InChI is InChI=1S/C18H18ClFN2O3/c1-25-16-6-5-12(8-14(16)19)9-15(18(21)24)22-17(23)10-11-3-2-4-13(20)7-11/h2-8,15H,9-10H2,1H3,(H2,21,24)(H,22,23)/t15-/m1/s1. The van der Waals surface area contributed by atoms with E-state index < -0.39 is 23.7 Å². The van der Waals surface area contributed by atoms with Gasteiger partial charge in [-0.15, -0.1) is 0 Å². The normalized spacial score (nSPS) is 11.6. The number of nitrogens with one attached hydrogen (secondary N) is 1. The lowest BCUT2D eigenvalue weighted by molar-refractivity contribution is -0.127. The van der Waals surface area contributed by atoms with Crippen molar-refractivity contribution in [2.75, 3.05) is 7.11 Å². The summed E-state index contributed by atoms with van der Waals surface area (Å²) in [5, 5.41) is 2.97. The molecule has 0 aliphatic heterocycles. The molecule has 2 aromatic carbocycles. The predicted molar refractivity (Wildman–Crippen MR) is 92.9 cm³/mol. The van der Waals surface area contributed by atoms with E-state index in [0.29, 0.717) is 16.3 Å². The molecule has 0 spiro atoms. The highest BCUT2D eigenvalue weighted by Crippen LogP contribution is 2.25. The molecule has 3 N–H and O–H groups in total. The molecule has 7 heteroatoms. The first-order valence-corrected chi connectivity index (χ1v) is 7.92. The van der Waals surface area contributed by atoms with Crippen LogP contribution in [-0.4, -0.2) is 25.0 Å². The largest absolute Gasteiger partial charge is 0.495 e. The van der Waals surface area contributed by atoms with Crippen molar-refractivity contribution in [2.45, 2.75) is 18.9 Å². The van der Waals surface area contributed by atoms with Gasteiger partial charge in [-0.05, 0) is 35.4 Å². The summed E-state index contributed by atoms with van der Waals surface area (Å²) in [6, 6.07) is 9.86. The first-order valence-electron chi connectivity index (χ1n) is 7.54. The molecule has 5 nitrogen and oxygen atoms in total. The number of amides is 2. The fourth-order valence-corrected chi connectivity index (χ4v) is 2.65. The lowest BCUT2D eigenvalue weighted by atomic mass is 10.0. The Morgan fingerprint density at radius 1 is 1.24 bits per heavy atom. The van der Waals surface area contributed by atoms with E-state index >= 15 is 0 Å². The number of carbonyl (C=O) groups excluding carboxylic acids is 2. The van der Waals surface area contributed by atoms with Crippen LogP contribution in [0.4, 0.5) is 4.39 Å². The van der Waals surface area contributed by atoms with E-state index in [4.69, 9.17) is 22.1 Å². The Kier molecular flexibility index (Phi) is 6.36. The number of methoxy groups -OCH3 is 1. The third-order valence-electron chi connectivity index (χ3n) is 3.59. The molecule has 0 saturated heterocycles. The molecule has 2 amide bonds. The predicted octanol–water partition coefficient (Wildman–Crippen LogP) is 2.24. The highest BCUT2D eigenvalue weighted by atomic mass is 35.5. The average molecular weight is 365 g/mol. The van der Waals surface area contributed by atoms with Crippen molar-refractivity contribution in [1.29, 1.82) is 0 Å². The Bertz CT molecular complexity index is 783. The Hall–Kier alpha value is -2.60. The maximum Gasteiger partial charge on any atom is 0.240 e. The van der Waals surface area contributed by atoms with Crippen molar-refractivity contribution in [3.63, 3.8) is 0 Å². The Labute approximate surface area is 149 Å². The van der Waals surface area contributed by atoms with Crippen LogP contribution in [0, 0.1) is 5.82 Å². The Morgan fingerprint density at radius 3 is 2.60 bits per heavy atom. The zero-order valence-electron chi connectivity index (χ0n) is 13.6. The van der Waals surface area contributed by atoms with E-state index in [1.807, 2.05) is 0 Å². The smallest absolute Gasteiger partial charge is 0.240 e. The number of hydrogen-bond donors (Lipinski definition) is 2. The van der Waals surface area contributed by atoms with Crippen molar-refractivity contribution in [2.24, 2.45) is 5.73 Å². The maximum absolute atomic E-state index is 13.2. The molecule has 0 aromatic heterocycles. The Morgan fingerprint density at radius 2 is 2.00 bits per heavy atom. The van der Waals surface area contributed by atoms with Crippen LogP contribution in [0.3, 0.4) is 0 Å². The molecule has 132 valence electrons. The molecule has 0 radical (unpaired) electrons. The summed E-state index contributed by atoms with van der Waals surface area (Å²) in [6.45, 7) is 0. The van der Waals surface area contributed by atoms with Crippen LogP contribution in [-0.2, 0) is 22.4 Å². The number of nitrogens with two attached hydrogens (primary N) is 1. The second-order valence-corrected chi connectivity index (χ2v) is 5.91. The zero-order chi connectivity index (χ0) is 18.4. The van der Waals surface area contributed by atoms with Gasteiger partial charge in [-0.2, -0.15) is 0 Å². The number of carbonyl (C=O) groups is 2. The summed E-state index contributed by atoms with van der Waals surface area (Å²) in [6.07, 6.45) is 0.138. The van der Waals surface area contributed by atoms with Crippen molar-refractivity contribution < 1.29 is 18.7 Å². The highest BCUT2D eigenvalue weighted by molar-refractivity contribution is 6.32. The molecule has 2 aromatic rings. The minimum atomic E-state index is -0.898. The third-order valence-corrected chi connectivity index (χ3v) is 3.88. The number of ether oxygens (including phenoxy) is 1. The van der Waals surface area contributed by atoms with Crippen LogP contribution >= 0.6 is 11.6 Å². The van der Waals surface area contributed by atoms with Gasteiger partial charge in [0.25, 0.3) is 0 Å². The van der Waals surface area contributed by atoms with E-state index in [-0.39, 0.29) is 12.8 Å². The molecular weight excluding hydrogens is 347 g/mol. The van der Waals surface area contributed by atoms with Gasteiger partial charge in [0.2, 0.25) is 11.8 Å². The number of hydrogen-bond acceptors (Lipinski definition) is 3. The molecule has 25 heavy (non-hydrogen) atoms. The van der Waals surface area contributed by atoms with Gasteiger partial charge in [0.05, 0.1) is 18.6 Å². The zero-order valence-corrected chi connectivity index (χ0v) is 14.3. The molecule has 0 fully saturated rings. The minimum absolute atomic E-state index is 0.0507. The van der Waals surface area contributed by atoms with Crippen molar-refractivity contribution in [3.8, 4) is 5.75 Å². The quantitative estimate of drug-likeness (QED) is 0.790. The molecule has 0 saturated carbocycles. The number of rotatable bonds is 7. The highest BCUT2D eigenvalue weighted by Gasteiger charge is 2.19. The van der Waals surface area contributed by atoms with E-state index in [0.717, 1.165) is 5.56 Å². The van der Waals surface area contributed by atoms with Crippen molar-refractivity contribution >= 4 is 23.4 Å². The van der Waals surface area contributed by atoms with Gasteiger partial charge in [0.15, 0.2) is 0 Å². The van der Waals surface area contributed by atoms with Gasteiger partial charge in [-0.25, -0.2) is 4.39 Å². The molecule has 0 aliphatic rings. The van der Waals surface area contributed by atoms with Crippen LogP contribution < -0.4 is 15.8 Å².